The van der Waals surface area contributed by atoms with Crippen molar-refractivity contribution in [2.24, 2.45) is 0 Å². The van der Waals surface area contributed by atoms with Crippen molar-refractivity contribution in [2.45, 2.75) is 6.92 Å². The molecule has 1 aromatic heterocycles. The zero-order valence-corrected chi connectivity index (χ0v) is 15.8. The van der Waals surface area contributed by atoms with Crippen molar-refractivity contribution < 1.29 is 4.79 Å². The van der Waals surface area contributed by atoms with Gasteiger partial charge in [-0.2, -0.15) is 0 Å². The maximum absolute atomic E-state index is 12.2. The highest BCUT2D eigenvalue weighted by Crippen LogP contribution is 2.28. The lowest BCUT2D eigenvalue weighted by molar-refractivity contribution is 0.0962. The minimum absolute atomic E-state index is 0.242. The molecule has 1 heterocycles. The van der Waals surface area contributed by atoms with Gasteiger partial charge in [0.05, 0.1) is 10.6 Å². The Morgan fingerprint density at radius 3 is 2.56 bits per heavy atom. The van der Waals surface area contributed by atoms with E-state index in [4.69, 9.17) is 28.9 Å². The minimum atomic E-state index is -0.415. The summed E-state index contributed by atoms with van der Waals surface area (Å²) in [6, 6.07) is 12.1. The predicted molar refractivity (Wildman–Crippen MR) is 108 cm³/mol. The van der Waals surface area contributed by atoms with Gasteiger partial charge in [-0.1, -0.05) is 35.3 Å². The summed E-state index contributed by atoms with van der Waals surface area (Å²) in [7, 11) is 0. The lowest BCUT2D eigenvalue weighted by atomic mass is 10.2. The number of carbonyl (C=O) groups is 1. The summed E-state index contributed by atoms with van der Waals surface area (Å²) in [5.74, 6) is 0.228. The third kappa shape index (κ3) is 4.39. The molecule has 0 saturated carbocycles. The van der Waals surface area contributed by atoms with Crippen molar-refractivity contribution in [3.63, 3.8) is 0 Å². The Morgan fingerprint density at radius 1 is 1.07 bits per heavy atom. The third-order valence-electron chi connectivity index (χ3n) is 3.74. The Kier molecular flexibility index (Phi) is 5.63. The van der Waals surface area contributed by atoms with Crippen LogP contribution in [0.5, 0.6) is 0 Å². The zero-order valence-electron chi connectivity index (χ0n) is 14.3. The Morgan fingerprint density at radius 2 is 1.81 bits per heavy atom. The Labute approximate surface area is 165 Å². The van der Waals surface area contributed by atoms with E-state index in [2.05, 4.69) is 26.1 Å². The van der Waals surface area contributed by atoms with Gasteiger partial charge >= 0.3 is 0 Å². The number of benzene rings is 2. The van der Waals surface area contributed by atoms with Crippen molar-refractivity contribution in [3.05, 3.63) is 70.0 Å². The quantitative estimate of drug-likeness (QED) is 0.477. The number of hydrogen-bond donors (Lipinski definition) is 4. The Balaban J connectivity index is 1.75. The summed E-state index contributed by atoms with van der Waals surface area (Å²) in [5, 5.41) is 4.11. The number of aromatic nitrogens is 2. The van der Waals surface area contributed by atoms with Crippen LogP contribution in [0.25, 0.3) is 0 Å². The van der Waals surface area contributed by atoms with E-state index in [9.17, 15) is 4.79 Å². The average molecular weight is 403 g/mol. The summed E-state index contributed by atoms with van der Waals surface area (Å²) in [5.41, 5.74) is 13.6. The van der Waals surface area contributed by atoms with Crippen LogP contribution in [-0.2, 0) is 0 Å². The number of hydrogen-bond acceptors (Lipinski definition) is 6. The number of nitrogens with one attached hydrogen (secondary N) is 3. The molecule has 0 aliphatic carbocycles. The molecule has 0 atom stereocenters. The molecule has 2 aromatic carbocycles. The average Bonchev–Trinajstić information content (AvgIpc) is 2.64. The maximum Gasteiger partial charge on any atom is 0.271 e. The van der Waals surface area contributed by atoms with Gasteiger partial charge in [0.25, 0.3) is 5.91 Å². The molecule has 0 bridgehead atoms. The van der Waals surface area contributed by atoms with E-state index in [1.165, 1.54) is 6.33 Å². The zero-order chi connectivity index (χ0) is 19.4. The molecule has 0 aliphatic rings. The number of amides is 1. The molecule has 0 spiro atoms. The van der Waals surface area contributed by atoms with Gasteiger partial charge in [-0.15, -0.1) is 0 Å². The first-order valence-corrected chi connectivity index (χ1v) is 8.66. The number of carbonyl (C=O) groups excluding carboxylic acids is 1. The molecule has 9 heteroatoms. The molecule has 3 aromatic rings. The van der Waals surface area contributed by atoms with Crippen LogP contribution in [-0.4, -0.2) is 15.9 Å². The van der Waals surface area contributed by atoms with Gasteiger partial charge in [0.15, 0.2) is 11.6 Å². The number of rotatable bonds is 5. The highest BCUT2D eigenvalue weighted by molar-refractivity contribution is 6.33. The highest BCUT2D eigenvalue weighted by Gasteiger charge is 2.13. The number of anilines is 4. The molecule has 0 radical (unpaired) electrons. The lowest BCUT2D eigenvalue weighted by Crippen LogP contribution is -2.30. The maximum atomic E-state index is 12.2. The first-order chi connectivity index (χ1) is 13.0. The van der Waals surface area contributed by atoms with Crippen LogP contribution in [0.1, 0.15) is 15.9 Å². The Hall–Kier alpha value is -3.03. The molecule has 0 unspecified atom stereocenters. The van der Waals surface area contributed by atoms with E-state index in [1.54, 1.807) is 30.3 Å². The van der Waals surface area contributed by atoms with Gasteiger partial charge in [-0.05, 0) is 42.8 Å². The topological polar surface area (TPSA) is 105 Å². The van der Waals surface area contributed by atoms with Crippen molar-refractivity contribution in [2.75, 3.05) is 16.5 Å². The second kappa shape index (κ2) is 8.11. The largest absolute Gasteiger partial charge is 0.393 e. The van der Waals surface area contributed by atoms with Crippen molar-refractivity contribution >= 4 is 52.1 Å². The smallest absolute Gasteiger partial charge is 0.271 e. The molecule has 5 N–H and O–H groups in total. The van der Waals surface area contributed by atoms with Crippen LogP contribution < -0.4 is 21.9 Å². The number of nitrogen functional groups attached to an aromatic ring is 1. The lowest BCUT2D eigenvalue weighted by Gasteiger charge is -2.14. The van der Waals surface area contributed by atoms with Gasteiger partial charge in [0.2, 0.25) is 0 Å². The van der Waals surface area contributed by atoms with E-state index in [0.717, 1.165) is 11.3 Å². The van der Waals surface area contributed by atoms with Crippen LogP contribution in [0.3, 0.4) is 0 Å². The molecular formula is C18H16Cl2N6O. The molecular weight excluding hydrogens is 387 g/mol. The molecule has 1 amide bonds. The normalized spacial score (nSPS) is 10.3. The fourth-order valence-electron chi connectivity index (χ4n) is 2.32. The van der Waals surface area contributed by atoms with Gasteiger partial charge < -0.3 is 11.1 Å². The monoisotopic (exact) mass is 402 g/mol. The molecule has 0 saturated heterocycles. The first kappa shape index (κ1) is 18.8. The van der Waals surface area contributed by atoms with Crippen LogP contribution >= 0.6 is 23.2 Å². The molecule has 138 valence electrons. The van der Waals surface area contributed by atoms with Crippen molar-refractivity contribution in [1.82, 2.24) is 15.4 Å². The highest BCUT2D eigenvalue weighted by atomic mass is 35.5. The summed E-state index contributed by atoms with van der Waals surface area (Å²) < 4.78 is 0. The minimum Gasteiger partial charge on any atom is -0.393 e. The van der Waals surface area contributed by atoms with Gasteiger partial charge in [-0.25, -0.2) is 9.97 Å². The van der Waals surface area contributed by atoms with Crippen LogP contribution in [0.2, 0.25) is 10.0 Å². The molecule has 0 aliphatic heterocycles. The van der Waals surface area contributed by atoms with E-state index >= 15 is 0 Å². The first-order valence-electron chi connectivity index (χ1n) is 7.90. The van der Waals surface area contributed by atoms with Gasteiger partial charge in [0, 0.05) is 10.7 Å². The SMILES string of the molecule is Cc1cc(Cl)ccc1Nc1ncnc(NNC(=O)c2ccccc2Cl)c1N. The number of hydrazine groups is 1. The van der Waals surface area contributed by atoms with Gasteiger partial charge in [-0.3, -0.25) is 15.6 Å². The third-order valence-corrected chi connectivity index (χ3v) is 4.30. The predicted octanol–water partition coefficient (Wildman–Crippen LogP) is 4.17. The van der Waals surface area contributed by atoms with E-state index in [1.807, 2.05) is 19.1 Å². The van der Waals surface area contributed by atoms with Crippen LogP contribution in [0.15, 0.2) is 48.8 Å². The summed E-state index contributed by atoms with van der Waals surface area (Å²) >= 11 is 12.0. The number of aryl methyl sites for hydroxylation is 1. The molecule has 0 fully saturated rings. The van der Waals surface area contributed by atoms with Gasteiger partial charge in [0.1, 0.15) is 12.0 Å². The number of halogens is 2. The van der Waals surface area contributed by atoms with E-state index < -0.39 is 5.91 Å². The Bertz CT molecular complexity index is 995. The van der Waals surface area contributed by atoms with Crippen molar-refractivity contribution in [3.8, 4) is 0 Å². The van der Waals surface area contributed by atoms with Crippen LogP contribution in [0, 0.1) is 6.92 Å². The second-order valence-corrected chi connectivity index (χ2v) is 6.47. The van der Waals surface area contributed by atoms with Crippen LogP contribution in [0.4, 0.5) is 23.0 Å². The number of nitrogens with two attached hydrogens (primary N) is 1. The standard InChI is InChI=1S/C18H16Cl2N6O/c1-10-8-11(19)6-7-14(10)24-16-15(21)17(23-9-22-16)25-26-18(27)12-4-2-3-5-13(12)20/h2-9H,21H2,1H3,(H,26,27)(H2,22,23,24,25). The van der Waals surface area contributed by atoms with Crippen molar-refractivity contribution in [1.29, 1.82) is 0 Å². The fraction of sp³-hybridized carbons (Fsp3) is 0.0556. The molecule has 7 nitrogen and oxygen atoms in total. The number of nitrogens with zero attached hydrogens (tertiary/aromatic N) is 2. The molecule has 27 heavy (non-hydrogen) atoms. The summed E-state index contributed by atoms with van der Waals surface area (Å²) in [6.07, 6.45) is 1.33. The van der Waals surface area contributed by atoms with E-state index in [-0.39, 0.29) is 11.5 Å². The summed E-state index contributed by atoms with van der Waals surface area (Å²) in [6.45, 7) is 1.91. The second-order valence-electron chi connectivity index (χ2n) is 5.63. The van der Waals surface area contributed by atoms with E-state index in [0.29, 0.717) is 21.4 Å². The fourth-order valence-corrected chi connectivity index (χ4v) is 2.77. The molecule has 3 rings (SSSR count). The summed E-state index contributed by atoms with van der Waals surface area (Å²) in [4.78, 5) is 20.4.